The minimum Gasteiger partial charge on any atom is -0.378 e. The number of alkyl halides is 1. The second kappa shape index (κ2) is 4.06. The SMILES string of the molecule is CO[C@]1(C)C[C@@]2(C)C=C[C@@H]1CC(=O)[C@]21OCC[C@H]1Cl. The van der Waals surface area contributed by atoms with Crippen LogP contribution in [0.25, 0.3) is 0 Å². The van der Waals surface area contributed by atoms with Gasteiger partial charge in [-0.25, -0.2) is 0 Å². The molecule has 3 nitrogen and oxygen atoms in total. The standard InChI is InChI=1S/C15H21ClO3/c1-13-6-4-10(14(2,9-13)18-3)8-12(17)15(13)11(16)5-7-19-15/h4,6,10-11H,5,7-9H2,1-3H3/t10-,11-,13-,14-,15+/m1/s1. The molecule has 0 aromatic rings. The van der Waals surface area contributed by atoms with E-state index in [2.05, 4.69) is 26.0 Å². The molecule has 4 aliphatic rings. The fourth-order valence-electron chi connectivity index (χ4n) is 4.28. The molecule has 0 N–H and O–H groups in total. The molecule has 1 heterocycles. The molecule has 4 rings (SSSR count). The zero-order chi connectivity index (χ0) is 13.9. The number of halogens is 1. The lowest BCUT2D eigenvalue weighted by Gasteiger charge is -2.48. The molecule has 5 atom stereocenters. The highest BCUT2D eigenvalue weighted by atomic mass is 35.5. The van der Waals surface area contributed by atoms with Crippen LogP contribution >= 0.6 is 11.6 Å². The number of carbonyl (C=O) groups is 1. The number of Topliss-reactive ketones (excluding diaryl/α,β-unsaturated/α-hetero) is 1. The molecule has 2 fully saturated rings. The molecule has 0 unspecified atom stereocenters. The summed E-state index contributed by atoms with van der Waals surface area (Å²) in [6.07, 6.45) is 6.24. The Kier molecular flexibility index (Phi) is 2.91. The van der Waals surface area contributed by atoms with Crippen LogP contribution in [0.1, 0.15) is 33.1 Å². The zero-order valence-corrected chi connectivity index (χ0v) is 12.5. The minimum absolute atomic E-state index is 0.116. The highest BCUT2D eigenvalue weighted by Gasteiger charge is 2.66. The first-order valence-electron chi connectivity index (χ1n) is 6.94. The van der Waals surface area contributed by atoms with Crippen LogP contribution in [-0.4, -0.2) is 36.1 Å². The Bertz CT molecular complexity index is 449. The molecule has 0 aromatic heterocycles. The third-order valence-electron chi connectivity index (χ3n) is 5.48. The maximum atomic E-state index is 12.8. The summed E-state index contributed by atoms with van der Waals surface area (Å²) in [7, 11) is 1.72. The third kappa shape index (κ3) is 1.55. The number of ketones is 1. The molecular formula is C15H21ClO3. The lowest BCUT2D eigenvalue weighted by Crippen LogP contribution is -2.57. The molecule has 1 saturated heterocycles. The number of methoxy groups -OCH3 is 1. The summed E-state index contributed by atoms with van der Waals surface area (Å²) in [5.41, 5.74) is -1.56. The van der Waals surface area contributed by atoms with Gasteiger partial charge in [0.1, 0.15) is 0 Å². The van der Waals surface area contributed by atoms with Crippen molar-refractivity contribution < 1.29 is 14.3 Å². The summed E-state index contributed by atoms with van der Waals surface area (Å²) in [4.78, 5) is 12.8. The van der Waals surface area contributed by atoms with Crippen molar-refractivity contribution in [2.45, 2.75) is 49.7 Å². The smallest absolute Gasteiger partial charge is 0.167 e. The van der Waals surface area contributed by atoms with E-state index in [-0.39, 0.29) is 28.1 Å². The van der Waals surface area contributed by atoms with Gasteiger partial charge in [-0.05, 0) is 19.8 Å². The van der Waals surface area contributed by atoms with Crippen LogP contribution in [0.15, 0.2) is 12.2 Å². The third-order valence-corrected chi connectivity index (χ3v) is 6.00. The first kappa shape index (κ1) is 13.6. The molecule has 1 spiro atoms. The van der Waals surface area contributed by atoms with Crippen LogP contribution in [-0.2, 0) is 14.3 Å². The van der Waals surface area contributed by atoms with E-state index in [9.17, 15) is 4.79 Å². The monoisotopic (exact) mass is 284 g/mol. The minimum atomic E-state index is -0.865. The molecule has 1 aliphatic heterocycles. The van der Waals surface area contributed by atoms with Gasteiger partial charge in [-0.3, -0.25) is 4.79 Å². The van der Waals surface area contributed by atoms with Gasteiger partial charge in [0.05, 0.1) is 11.0 Å². The van der Waals surface area contributed by atoms with Gasteiger partial charge >= 0.3 is 0 Å². The predicted molar refractivity (Wildman–Crippen MR) is 73.3 cm³/mol. The van der Waals surface area contributed by atoms with Crippen molar-refractivity contribution in [3.05, 3.63) is 12.2 Å². The van der Waals surface area contributed by atoms with Crippen LogP contribution in [0.4, 0.5) is 0 Å². The van der Waals surface area contributed by atoms with Crippen molar-refractivity contribution in [2.75, 3.05) is 13.7 Å². The number of hydrogen-bond donors (Lipinski definition) is 0. The Morgan fingerprint density at radius 3 is 2.79 bits per heavy atom. The average molecular weight is 285 g/mol. The van der Waals surface area contributed by atoms with E-state index in [0.29, 0.717) is 13.0 Å². The van der Waals surface area contributed by atoms with E-state index in [1.165, 1.54) is 0 Å². The number of ether oxygens (including phenoxy) is 2. The second-order valence-corrected chi connectivity index (χ2v) is 7.07. The van der Waals surface area contributed by atoms with Gasteiger partial charge in [0.15, 0.2) is 11.4 Å². The molecule has 4 heteroatoms. The maximum Gasteiger partial charge on any atom is 0.167 e. The topological polar surface area (TPSA) is 35.5 Å². The van der Waals surface area contributed by atoms with E-state index in [4.69, 9.17) is 21.1 Å². The highest BCUT2D eigenvalue weighted by molar-refractivity contribution is 6.24. The predicted octanol–water partition coefficient (Wildman–Crippen LogP) is 2.71. The summed E-state index contributed by atoms with van der Waals surface area (Å²) in [5.74, 6) is 0.258. The normalized spacial score (nSPS) is 52.9. The highest BCUT2D eigenvalue weighted by Crippen LogP contribution is 2.58. The first-order valence-corrected chi connectivity index (χ1v) is 7.37. The largest absolute Gasteiger partial charge is 0.378 e. The molecule has 0 amide bonds. The lowest BCUT2D eigenvalue weighted by molar-refractivity contribution is -0.151. The first-order chi connectivity index (χ1) is 8.88. The van der Waals surface area contributed by atoms with E-state index >= 15 is 0 Å². The summed E-state index contributed by atoms with van der Waals surface area (Å²) in [6.45, 7) is 4.74. The van der Waals surface area contributed by atoms with Crippen LogP contribution in [0.2, 0.25) is 0 Å². The fraction of sp³-hybridized carbons (Fsp3) is 0.800. The fourth-order valence-corrected chi connectivity index (χ4v) is 4.80. The van der Waals surface area contributed by atoms with Crippen molar-refractivity contribution in [3.63, 3.8) is 0 Å². The van der Waals surface area contributed by atoms with Crippen molar-refractivity contribution in [1.29, 1.82) is 0 Å². The molecule has 0 radical (unpaired) electrons. The van der Waals surface area contributed by atoms with Crippen molar-refractivity contribution in [2.24, 2.45) is 11.3 Å². The summed E-state index contributed by atoms with van der Waals surface area (Å²) in [5, 5.41) is -0.243. The van der Waals surface area contributed by atoms with Crippen molar-refractivity contribution in [1.82, 2.24) is 0 Å². The Balaban J connectivity index is 2.14. The van der Waals surface area contributed by atoms with E-state index in [1.807, 2.05) is 0 Å². The van der Waals surface area contributed by atoms with Gasteiger partial charge in [-0.1, -0.05) is 19.1 Å². The Morgan fingerprint density at radius 1 is 1.47 bits per heavy atom. The number of fused-ring (bicyclic) bond motifs is 2. The average Bonchev–Trinajstić information content (AvgIpc) is 2.69. The number of hydrogen-bond acceptors (Lipinski definition) is 3. The van der Waals surface area contributed by atoms with Gasteiger partial charge in [0, 0.05) is 31.5 Å². The zero-order valence-electron chi connectivity index (χ0n) is 11.7. The lowest BCUT2D eigenvalue weighted by atomic mass is 9.63. The molecule has 2 bridgehead atoms. The van der Waals surface area contributed by atoms with Gasteiger partial charge in [0.25, 0.3) is 0 Å². The van der Waals surface area contributed by atoms with E-state index in [1.54, 1.807) is 7.11 Å². The van der Waals surface area contributed by atoms with Crippen molar-refractivity contribution in [3.8, 4) is 0 Å². The molecule has 1 saturated carbocycles. The van der Waals surface area contributed by atoms with Gasteiger partial charge < -0.3 is 9.47 Å². The molecular weight excluding hydrogens is 264 g/mol. The second-order valence-electron chi connectivity index (χ2n) is 6.54. The Hall–Kier alpha value is -0.380. The van der Waals surface area contributed by atoms with Gasteiger partial charge in [-0.2, -0.15) is 0 Å². The Morgan fingerprint density at radius 2 is 2.21 bits per heavy atom. The van der Waals surface area contributed by atoms with Gasteiger partial charge in [0.2, 0.25) is 0 Å². The van der Waals surface area contributed by atoms with Crippen LogP contribution in [0.5, 0.6) is 0 Å². The van der Waals surface area contributed by atoms with Crippen LogP contribution in [0.3, 0.4) is 0 Å². The number of rotatable bonds is 1. The summed E-state index contributed by atoms with van der Waals surface area (Å²) >= 11 is 6.51. The van der Waals surface area contributed by atoms with Gasteiger partial charge in [-0.15, -0.1) is 11.6 Å². The summed E-state index contributed by atoms with van der Waals surface area (Å²) < 4.78 is 11.7. The van der Waals surface area contributed by atoms with Crippen LogP contribution < -0.4 is 0 Å². The molecule has 106 valence electrons. The summed E-state index contributed by atoms with van der Waals surface area (Å²) in [6, 6.07) is 0. The van der Waals surface area contributed by atoms with Crippen molar-refractivity contribution >= 4 is 17.4 Å². The Labute approximate surface area is 119 Å². The molecule has 0 aromatic carbocycles. The molecule has 19 heavy (non-hydrogen) atoms. The van der Waals surface area contributed by atoms with E-state index < -0.39 is 5.60 Å². The van der Waals surface area contributed by atoms with Crippen LogP contribution in [0, 0.1) is 11.3 Å². The number of carbonyl (C=O) groups excluding carboxylic acids is 1. The molecule has 3 aliphatic carbocycles. The maximum absolute atomic E-state index is 12.8. The quantitative estimate of drug-likeness (QED) is 0.549. The van der Waals surface area contributed by atoms with E-state index in [0.717, 1.165) is 12.8 Å².